The van der Waals surface area contributed by atoms with E-state index in [9.17, 15) is 5.11 Å². The number of hydrogen-bond donors (Lipinski definition) is 2. The number of hydrogen-bond acceptors (Lipinski definition) is 5. The average molecular weight is 366 g/mol. The average Bonchev–Trinajstić information content (AvgIpc) is 2.69. The maximum atomic E-state index is 10.4. The maximum Gasteiger partial charge on any atom is 0.203 e. The third kappa shape index (κ3) is 3.55. The molecule has 1 aliphatic carbocycles. The Hall–Kier alpha value is -2.42. The summed E-state index contributed by atoms with van der Waals surface area (Å²) in [6.07, 6.45) is 3.88. The fourth-order valence-electron chi connectivity index (χ4n) is 4.31. The van der Waals surface area contributed by atoms with Crippen LogP contribution in [0.5, 0.6) is 17.2 Å². The zero-order chi connectivity index (χ0) is 18.8. The van der Waals surface area contributed by atoms with E-state index in [1.807, 2.05) is 6.07 Å². The molecule has 4 rings (SSSR count). The number of piperidine rings is 1. The van der Waals surface area contributed by atoms with Gasteiger partial charge in [-0.15, -0.1) is 0 Å². The highest BCUT2D eigenvalue weighted by Gasteiger charge is 2.37. The molecule has 2 aromatic carbocycles. The SMILES string of the molecule is COc1cccc(O)c1O[C@H]1c2c#cccc2CC[C@@H]1N1CCC[C@@H](N)C1. The molecular formula is C22H26N2O3. The van der Waals surface area contributed by atoms with Gasteiger partial charge in [0.05, 0.1) is 13.2 Å². The molecule has 0 aromatic heterocycles. The number of para-hydroxylation sites is 1. The standard InChI is InChI=1S/C22H26N2O3/c1-26-20-10-4-9-19(25)22(20)27-21-17-8-3-2-6-15(17)11-12-18(21)24-13-5-7-16(23)14-24/h2,4,6,9-10,16,18,21,25H,5,7,11-14,23H2,1H3/t16-,18+,21+/m1/s1. The Balaban J connectivity index is 1.71. The Labute approximate surface area is 160 Å². The molecule has 1 saturated heterocycles. The Morgan fingerprint density at radius 2 is 2.15 bits per heavy atom. The summed E-state index contributed by atoms with van der Waals surface area (Å²) in [7, 11) is 1.58. The van der Waals surface area contributed by atoms with Crippen LogP contribution in [0.2, 0.25) is 0 Å². The fourth-order valence-corrected chi connectivity index (χ4v) is 4.31. The molecule has 1 heterocycles. The number of fused-ring (bicyclic) bond motifs is 1. The van der Waals surface area contributed by atoms with E-state index in [1.165, 1.54) is 5.56 Å². The Bertz CT molecular complexity index is 795. The Morgan fingerprint density at radius 1 is 1.26 bits per heavy atom. The highest BCUT2D eigenvalue weighted by Crippen LogP contribution is 2.43. The first-order chi connectivity index (χ1) is 13.2. The van der Waals surface area contributed by atoms with Gasteiger partial charge in [-0.05, 0) is 62.1 Å². The topological polar surface area (TPSA) is 68.0 Å². The van der Waals surface area contributed by atoms with Gasteiger partial charge in [0, 0.05) is 18.2 Å². The molecule has 0 bridgehead atoms. The number of phenolic OH excluding ortho intramolecular Hbond substituents is 1. The van der Waals surface area contributed by atoms with Crippen molar-refractivity contribution in [3.63, 3.8) is 0 Å². The molecule has 1 fully saturated rings. The molecule has 27 heavy (non-hydrogen) atoms. The van der Waals surface area contributed by atoms with Crippen molar-refractivity contribution >= 4 is 0 Å². The van der Waals surface area contributed by atoms with Gasteiger partial charge in [0.25, 0.3) is 0 Å². The molecule has 0 saturated carbocycles. The number of nitrogens with two attached hydrogens (primary N) is 1. The van der Waals surface area contributed by atoms with Crippen molar-refractivity contribution in [3.05, 3.63) is 53.6 Å². The van der Waals surface area contributed by atoms with E-state index in [2.05, 4.69) is 23.1 Å². The van der Waals surface area contributed by atoms with Crippen LogP contribution >= 0.6 is 0 Å². The lowest BCUT2D eigenvalue weighted by atomic mass is 9.84. The molecule has 2 aromatic rings. The monoisotopic (exact) mass is 366 g/mol. The van der Waals surface area contributed by atoms with Crippen molar-refractivity contribution in [3.8, 4) is 17.2 Å². The van der Waals surface area contributed by atoms with E-state index in [-0.39, 0.29) is 23.9 Å². The maximum absolute atomic E-state index is 10.4. The zero-order valence-corrected chi connectivity index (χ0v) is 15.6. The molecule has 2 aliphatic rings. The quantitative estimate of drug-likeness (QED) is 0.871. The van der Waals surface area contributed by atoms with E-state index < -0.39 is 0 Å². The summed E-state index contributed by atoms with van der Waals surface area (Å²) in [5.74, 6) is 0.980. The molecule has 0 spiro atoms. The van der Waals surface area contributed by atoms with Crippen molar-refractivity contribution < 1.29 is 14.6 Å². The second-order valence-corrected chi connectivity index (χ2v) is 7.39. The lowest BCUT2D eigenvalue weighted by molar-refractivity contribution is 0.0340. The van der Waals surface area contributed by atoms with Crippen LogP contribution in [0.15, 0.2) is 30.3 Å². The van der Waals surface area contributed by atoms with Crippen LogP contribution in [0.25, 0.3) is 0 Å². The predicted octanol–water partition coefficient (Wildman–Crippen LogP) is 2.86. The number of methoxy groups -OCH3 is 1. The van der Waals surface area contributed by atoms with Gasteiger partial charge in [-0.1, -0.05) is 18.2 Å². The summed E-state index contributed by atoms with van der Waals surface area (Å²) in [6.45, 7) is 1.89. The van der Waals surface area contributed by atoms with Gasteiger partial charge in [-0.2, -0.15) is 0 Å². The van der Waals surface area contributed by atoms with E-state index >= 15 is 0 Å². The summed E-state index contributed by atoms with van der Waals surface area (Å²) in [5, 5.41) is 10.4. The van der Waals surface area contributed by atoms with Gasteiger partial charge in [0.15, 0.2) is 11.5 Å². The number of rotatable bonds is 4. The van der Waals surface area contributed by atoms with Crippen LogP contribution in [0.4, 0.5) is 0 Å². The van der Waals surface area contributed by atoms with Crippen LogP contribution in [-0.2, 0) is 6.42 Å². The third-order valence-corrected chi connectivity index (χ3v) is 5.65. The number of aryl methyl sites for hydroxylation is 1. The fraction of sp³-hybridized carbons (Fsp3) is 0.455. The lowest BCUT2D eigenvalue weighted by Crippen LogP contribution is -2.51. The molecule has 5 heteroatoms. The van der Waals surface area contributed by atoms with Crippen LogP contribution in [0.3, 0.4) is 0 Å². The molecular weight excluding hydrogens is 340 g/mol. The van der Waals surface area contributed by atoms with Gasteiger partial charge in [0.1, 0.15) is 6.10 Å². The van der Waals surface area contributed by atoms with Gasteiger partial charge in [0.2, 0.25) is 5.75 Å². The lowest BCUT2D eigenvalue weighted by Gasteiger charge is -2.43. The van der Waals surface area contributed by atoms with E-state index in [1.54, 1.807) is 25.3 Å². The molecule has 1 aliphatic heterocycles. The molecule has 0 radical (unpaired) electrons. The van der Waals surface area contributed by atoms with E-state index in [0.29, 0.717) is 11.5 Å². The molecule has 5 nitrogen and oxygen atoms in total. The number of likely N-dealkylation sites (tertiary alicyclic amines) is 1. The number of phenols is 1. The summed E-state index contributed by atoms with van der Waals surface area (Å²) >= 11 is 0. The number of aromatic hydroxyl groups is 1. The predicted molar refractivity (Wildman–Crippen MR) is 103 cm³/mol. The normalized spacial score (nSPS) is 25.3. The van der Waals surface area contributed by atoms with Crippen LogP contribution in [0, 0.1) is 12.1 Å². The summed E-state index contributed by atoms with van der Waals surface area (Å²) in [6, 6.07) is 15.9. The van der Waals surface area contributed by atoms with Crippen molar-refractivity contribution in [2.24, 2.45) is 5.73 Å². The smallest absolute Gasteiger partial charge is 0.203 e. The van der Waals surface area contributed by atoms with E-state index in [0.717, 1.165) is 44.3 Å². The summed E-state index contributed by atoms with van der Waals surface area (Å²) in [4.78, 5) is 2.44. The van der Waals surface area contributed by atoms with Crippen LogP contribution in [0.1, 0.15) is 36.5 Å². The van der Waals surface area contributed by atoms with Crippen molar-refractivity contribution in [2.45, 2.75) is 43.9 Å². The minimum Gasteiger partial charge on any atom is -0.504 e. The van der Waals surface area contributed by atoms with Gasteiger partial charge < -0.3 is 20.3 Å². The first-order valence-corrected chi connectivity index (χ1v) is 9.60. The van der Waals surface area contributed by atoms with Crippen molar-refractivity contribution in [2.75, 3.05) is 20.2 Å². The van der Waals surface area contributed by atoms with Gasteiger partial charge in [-0.25, -0.2) is 0 Å². The number of nitrogens with zero attached hydrogens (tertiary/aromatic N) is 1. The molecule has 142 valence electrons. The highest BCUT2D eigenvalue weighted by atomic mass is 16.5. The molecule has 3 N–H and O–H groups in total. The minimum absolute atomic E-state index is 0.0791. The minimum atomic E-state index is -0.251. The Morgan fingerprint density at radius 3 is 2.96 bits per heavy atom. The van der Waals surface area contributed by atoms with Crippen molar-refractivity contribution in [1.29, 1.82) is 0 Å². The highest BCUT2D eigenvalue weighted by molar-refractivity contribution is 5.51. The first-order valence-electron chi connectivity index (χ1n) is 9.60. The van der Waals surface area contributed by atoms with Crippen LogP contribution < -0.4 is 15.2 Å². The first kappa shape index (κ1) is 18.0. The number of benzene rings is 1. The third-order valence-electron chi connectivity index (χ3n) is 5.65. The Kier molecular flexibility index (Phi) is 5.11. The molecule has 0 unspecified atom stereocenters. The van der Waals surface area contributed by atoms with Crippen molar-refractivity contribution in [1.82, 2.24) is 4.90 Å². The summed E-state index contributed by atoms with van der Waals surface area (Å²) < 4.78 is 11.8. The van der Waals surface area contributed by atoms with Gasteiger partial charge in [-0.3, -0.25) is 4.90 Å². The second-order valence-electron chi connectivity index (χ2n) is 7.39. The molecule has 0 amide bonds. The zero-order valence-electron chi connectivity index (χ0n) is 15.6. The molecule has 3 atom stereocenters. The van der Waals surface area contributed by atoms with Gasteiger partial charge >= 0.3 is 0 Å². The second kappa shape index (κ2) is 7.67. The largest absolute Gasteiger partial charge is 0.504 e. The van der Waals surface area contributed by atoms with Crippen LogP contribution in [-0.4, -0.2) is 42.3 Å². The summed E-state index contributed by atoms with van der Waals surface area (Å²) in [5.41, 5.74) is 8.48. The van der Waals surface area contributed by atoms with E-state index in [4.69, 9.17) is 15.2 Å². The number of ether oxygens (including phenoxy) is 2.